The average Bonchev–Trinajstić information content (AvgIpc) is 2.55. The molecule has 0 aliphatic heterocycles. The normalized spacial score (nSPS) is 11.4. The molecule has 0 heterocycles. The lowest BCUT2D eigenvalue weighted by Gasteiger charge is -2.11. The molecule has 2 aromatic rings. The highest BCUT2D eigenvalue weighted by atomic mass is 32.2. The molecule has 2 aromatic carbocycles. The summed E-state index contributed by atoms with van der Waals surface area (Å²) in [5, 5.41) is 2.70. The van der Waals surface area contributed by atoms with Crippen LogP contribution in [-0.4, -0.2) is 26.2 Å². The van der Waals surface area contributed by atoms with Crippen LogP contribution in [0.1, 0.15) is 25.8 Å². The van der Waals surface area contributed by atoms with E-state index in [1.807, 2.05) is 20.8 Å². The van der Waals surface area contributed by atoms with Gasteiger partial charge < -0.3 is 10.1 Å². The van der Waals surface area contributed by atoms with Gasteiger partial charge in [-0.2, -0.15) is 0 Å². The number of carbonyl (C=O) groups is 1. The number of hydrogen-bond acceptors (Lipinski definition) is 4. The van der Waals surface area contributed by atoms with E-state index >= 15 is 0 Å². The van der Waals surface area contributed by atoms with Crippen molar-refractivity contribution in [3.63, 3.8) is 0 Å². The first-order valence-electron chi connectivity index (χ1n) is 8.12. The van der Waals surface area contributed by atoms with Gasteiger partial charge in [0.1, 0.15) is 5.75 Å². The summed E-state index contributed by atoms with van der Waals surface area (Å²) in [4.78, 5) is 12.2. The highest BCUT2D eigenvalue weighted by Crippen LogP contribution is 2.18. The lowest BCUT2D eigenvalue weighted by atomic mass is 10.2. The van der Waals surface area contributed by atoms with Crippen molar-refractivity contribution in [2.45, 2.75) is 38.2 Å². The zero-order chi connectivity index (χ0) is 18.4. The second-order valence-corrected chi connectivity index (χ2v) is 8.23. The van der Waals surface area contributed by atoms with Gasteiger partial charge in [0, 0.05) is 12.1 Å². The van der Waals surface area contributed by atoms with Crippen molar-refractivity contribution >= 4 is 21.4 Å². The van der Waals surface area contributed by atoms with E-state index in [9.17, 15) is 13.2 Å². The molecule has 25 heavy (non-hydrogen) atoms. The summed E-state index contributed by atoms with van der Waals surface area (Å²) < 4.78 is 30.0. The molecule has 0 atom stereocenters. The number of nitrogens with one attached hydrogen (secondary N) is 1. The van der Waals surface area contributed by atoms with E-state index in [0.29, 0.717) is 5.69 Å². The monoisotopic (exact) mass is 361 g/mol. The van der Waals surface area contributed by atoms with Crippen LogP contribution >= 0.6 is 0 Å². The maximum Gasteiger partial charge on any atom is 0.225 e. The first kappa shape index (κ1) is 19.0. The fourth-order valence-electron chi connectivity index (χ4n) is 2.20. The Hall–Kier alpha value is -2.34. The van der Waals surface area contributed by atoms with Gasteiger partial charge in [-0.1, -0.05) is 17.7 Å². The van der Waals surface area contributed by atoms with Crippen LogP contribution in [-0.2, 0) is 14.6 Å². The van der Waals surface area contributed by atoms with Gasteiger partial charge in [-0.3, -0.25) is 4.79 Å². The van der Waals surface area contributed by atoms with Crippen LogP contribution in [0.15, 0.2) is 53.4 Å². The molecule has 0 fully saturated rings. The third kappa shape index (κ3) is 5.90. The molecule has 0 aliphatic carbocycles. The molecular formula is C19H23NO4S. The maximum absolute atomic E-state index is 12.3. The molecule has 0 saturated heterocycles. The summed E-state index contributed by atoms with van der Waals surface area (Å²) in [5.41, 5.74) is 1.59. The number of anilines is 1. The van der Waals surface area contributed by atoms with E-state index < -0.39 is 9.84 Å². The minimum Gasteiger partial charge on any atom is -0.491 e. The summed E-state index contributed by atoms with van der Waals surface area (Å²) in [6, 6.07) is 13.6. The van der Waals surface area contributed by atoms with Crippen LogP contribution in [0.2, 0.25) is 0 Å². The Balaban J connectivity index is 1.90. The first-order chi connectivity index (χ1) is 11.8. The van der Waals surface area contributed by atoms with Gasteiger partial charge in [0.05, 0.1) is 16.8 Å². The zero-order valence-corrected chi connectivity index (χ0v) is 15.5. The number of aryl methyl sites for hydroxylation is 1. The molecule has 0 bridgehead atoms. The minimum absolute atomic E-state index is 0.0763. The summed E-state index contributed by atoms with van der Waals surface area (Å²) >= 11 is 0. The summed E-state index contributed by atoms with van der Waals surface area (Å²) in [5.74, 6) is 0.152. The predicted molar refractivity (Wildman–Crippen MR) is 98.7 cm³/mol. The Labute approximate surface area is 148 Å². The van der Waals surface area contributed by atoms with Gasteiger partial charge in [0.2, 0.25) is 5.91 Å². The number of ether oxygens (including phenoxy) is 1. The Morgan fingerprint density at radius 3 is 2.20 bits per heavy atom. The molecule has 0 aromatic heterocycles. The molecule has 0 spiro atoms. The van der Waals surface area contributed by atoms with Crippen molar-refractivity contribution in [1.29, 1.82) is 0 Å². The van der Waals surface area contributed by atoms with E-state index in [-0.39, 0.29) is 29.1 Å². The highest BCUT2D eigenvalue weighted by Gasteiger charge is 2.16. The van der Waals surface area contributed by atoms with E-state index in [1.165, 1.54) is 0 Å². The second-order valence-electron chi connectivity index (χ2n) is 6.12. The van der Waals surface area contributed by atoms with Crippen LogP contribution in [0.5, 0.6) is 5.75 Å². The minimum atomic E-state index is -3.47. The van der Waals surface area contributed by atoms with E-state index in [4.69, 9.17) is 4.74 Å². The fraction of sp³-hybridized carbons (Fsp3) is 0.316. The molecule has 0 radical (unpaired) electrons. The van der Waals surface area contributed by atoms with Crippen molar-refractivity contribution in [3.8, 4) is 5.75 Å². The van der Waals surface area contributed by atoms with E-state index in [1.54, 1.807) is 48.5 Å². The van der Waals surface area contributed by atoms with Crippen LogP contribution in [0.4, 0.5) is 5.69 Å². The molecule has 1 N–H and O–H groups in total. The van der Waals surface area contributed by atoms with Crippen LogP contribution in [0.25, 0.3) is 0 Å². The van der Waals surface area contributed by atoms with Crippen LogP contribution in [0, 0.1) is 6.92 Å². The number of hydrogen-bond donors (Lipinski definition) is 1. The lowest BCUT2D eigenvalue weighted by molar-refractivity contribution is -0.115. The smallest absolute Gasteiger partial charge is 0.225 e. The first-order valence-corrected chi connectivity index (χ1v) is 9.77. The second kappa shape index (κ2) is 8.16. The number of rotatable bonds is 7. The molecule has 5 nitrogen and oxygen atoms in total. The molecular weight excluding hydrogens is 338 g/mol. The highest BCUT2D eigenvalue weighted by molar-refractivity contribution is 7.91. The van der Waals surface area contributed by atoms with Gasteiger partial charge in [0.15, 0.2) is 9.84 Å². The van der Waals surface area contributed by atoms with E-state index in [0.717, 1.165) is 11.3 Å². The molecule has 0 aliphatic rings. The standard InChI is InChI=1S/C19H23NO4S/c1-14(2)24-17-8-6-16(7-9-17)20-19(21)12-13-25(22,23)18-10-4-15(3)5-11-18/h4-11,14H,12-13H2,1-3H3,(H,20,21). The third-order valence-corrected chi connectivity index (χ3v) is 5.22. The van der Waals surface area contributed by atoms with Gasteiger partial charge in [-0.25, -0.2) is 8.42 Å². The predicted octanol–water partition coefficient (Wildman–Crippen LogP) is 3.58. The Morgan fingerprint density at radius 2 is 1.64 bits per heavy atom. The van der Waals surface area contributed by atoms with Crippen molar-refractivity contribution in [1.82, 2.24) is 0 Å². The van der Waals surface area contributed by atoms with Crippen LogP contribution < -0.4 is 10.1 Å². The molecule has 6 heteroatoms. The summed E-state index contributed by atoms with van der Waals surface area (Å²) in [7, 11) is -3.47. The molecule has 2 rings (SSSR count). The number of amides is 1. The summed E-state index contributed by atoms with van der Waals surface area (Å²) in [6.07, 6.45) is -0.0205. The van der Waals surface area contributed by atoms with Crippen molar-refractivity contribution < 1.29 is 17.9 Å². The average molecular weight is 361 g/mol. The third-order valence-electron chi connectivity index (χ3n) is 3.49. The zero-order valence-electron chi connectivity index (χ0n) is 14.7. The lowest BCUT2D eigenvalue weighted by Crippen LogP contribution is -2.17. The molecule has 0 unspecified atom stereocenters. The number of carbonyl (C=O) groups excluding carboxylic acids is 1. The largest absolute Gasteiger partial charge is 0.491 e. The number of sulfone groups is 1. The number of benzene rings is 2. The fourth-order valence-corrected chi connectivity index (χ4v) is 3.44. The SMILES string of the molecule is Cc1ccc(S(=O)(=O)CCC(=O)Nc2ccc(OC(C)C)cc2)cc1. The Morgan fingerprint density at radius 1 is 1.04 bits per heavy atom. The van der Waals surface area contributed by atoms with Crippen LogP contribution in [0.3, 0.4) is 0 Å². The van der Waals surface area contributed by atoms with Crippen molar-refractivity contribution in [2.75, 3.05) is 11.1 Å². The van der Waals surface area contributed by atoms with Crippen molar-refractivity contribution in [2.24, 2.45) is 0 Å². The van der Waals surface area contributed by atoms with Crippen molar-refractivity contribution in [3.05, 3.63) is 54.1 Å². The van der Waals surface area contributed by atoms with E-state index in [2.05, 4.69) is 5.32 Å². The van der Waals surface area contributed by atoms with Gasteiger partial charge in [-0.15, -0.1) is 0 Å². The molecule has 0 saturated carbocycles. The molecule has 1 amide bonds. The Kier molecular flexibility index (Phi) is 6.20. The molecule has 134 valence electrons. The van der Waals surface area contributed by atoms with Gasteiger partial charge >= 0.3 is 0 Å². The topological polar surface area (TPSA) is 72.5 Å². The van der Waals surface area contributed by atoms with Gasteiger partial charge in [0.25, 0.3) is 0 Å². The Bertz CT molecular complexity index is 810. The van der Waals surface area contributed by atoms with Gasteiger partial charge in [-0.05, 0) is 57.2 Å². The quantitative estimate of drug-likeness (QED) is 0.818. The summed E-state index contributed by atoms with van der Waals surface area (Å²) in [6.45, 7) is 5.76. The maximum atomic E-state index is 12.3.